The third-order valence-corrected chi connectivity index (χ3v) is 1.27. The molecule has 11 heavy (non-hydrogen) atoms. The van der Waals surface area contributed by atoms with Gasteiger partial charge >= 0.3 is 0 Å². The second-order valence-electron chi connectivity index (χ2n) is 2.09. The molecule has 0 saturated heterocycles. The summed E-state index contributed by atoms with van der Waals surface area (Å²) in [4.78, 5) is 3.94. The molecule has 1 heterocycles. The Bertz CT molecular complexity index is 225. The second kappa shape index (κ2) is 3.93. The lowest BCUT2D eigenvalue weighted by molar-refractivity contribution is 0.279. The van der Waals surface area contributed by atoms with Crippen molar-refractivity contribution in [3.05, 3.63) is 23.9 Å². The van der Waals surface area contributed by atoms with E-state index in [9.17, 15) is 0 Å². The van der Waals surface area contributed by atoms with Crippen LogP contribution in [0.3, 0.4) is 0 Å². The fourth-order valence-corrected chi connectivity index (χ4v) is 0.776. The van der Waals surface area contributed by atoms with Gasteiger partial charge < -0.3 is 9.84 Å². The highest BCUT2D eigenvalue weighted by atomic mass is 16.5. The lowest BCUT2D eigenvalue weighted by Crippen LogP contribution is -1.95. The van der Waals surface area contributed by atoms with E-state index in [4.69, 9.17) is 9.84 Å². The maximum absolute atomic E-state index is 8.75. The van der Waals surface area contributed by atoms with Gasteiger partial charge in [-0.25, -0.2) is 4.98 Å². The third-order valence-electron chi connectivity index (χ3n) is 1.27. The molecule has 3 heteroatoms. The normalized spacial score (nSPS) is 9.64. The van der Waals surface area contributed by atoms with E-state index in [-0.39, 0.29) is 6.61 Å². The van der Waals surface area contributed by atoms with E-state index in [2.05, 4.69) is 4.98 Å². The summed E-state index contributed by atoms with van der Waals surface area (Å²) in [5.74, 6) is 0.569. The quantitative estimate of drug-likeness (QED) is 0.703. The minimum atomic E-state index is 0.0304. The molecule has 0 spiro atoms. The molecule has 0 unspecified atom stereocenters. The Labute approximate surface area is 65.7 Å². The molecule has 0 aliphatic rings. The summed E-state index contributed by atoms with van der Waals surface area (Å²) in [6.07, 6.45) is 1.62. The molecule has 1 N–H and O–H groups in total. The van der Waals surface area contributed by atoms with Crippen LogP contribution in [-0.4, -0.2) is 16.7 Å². The molecular weight excluding hydrogens is 142 g/mol. The van der Waals surface area contributed by atoms with E-state index in [1.54, 1.807) is 18.3 Å². The molecule has 1 aromatic heterocycles. The van der Waals surface area contributed by atoms with Crippen LogP contribution in [0.2, 0.25) is 0 Å². The smallest absolute Gasteiger partial charge is 0.213 e. The highest BCUT2D eigenvalue weighted by Crippen LogP contribution is 2.08. The van der Waals surface area contributed by atoms with Gasteiger partial charge in [-0.1, -0.05) is 0 Å². The van der Waals surface area contributed by atoms with Gasteiger partial charge in [0.2, 0.25) is 5.88 Å². The SMILES string of the molecule is CCOc1cc(CO)ccn1. The number of aliphatic hydroxyl groups excluding tert-OH is 1. The minimum Gasteiger partial charge on any atom is -0.478 e. The maximum Gasteiger partial charge on any atom is 0.213 e. The van der Waals surface area contributed by atoms with E-state index in [0.29, 0.717) is 12.5 Å². The average Bonchev–Trinajstić information content (AvgIpc) is 2.06. The standard InChI is InChI=1S/C8H11NO2/c1-2-11-8-5-7(6-10)3-4-9-8/h3-5,10H,2,6H2,1H3. The topological polar surface area (TPSA) is 42.4 Å². The van der Waals surface area contributed by atoms with Crippen molar-refractivity contribution in [2.45, 2.75) is 13.5 Å². The molecule has 0 saturated carbocycles. The van der Waals surface area contributed by atoms with Gasteiger partial charge in [-0.05, 0) is 18.6 Å². The molecule has 1 aromatic rings. The number of pyridine rings is 1. The van der Waals surface area contributed by atoms with Crippen LogP contribution in [0, 0.1) is 0 Å². The first-order valence-electron chi connectivity index (χ1n) is 3.55. The van der Waals surface area contributed by atoms with E-state index in [1.807, 2.05) is 6.92 Å². The van der Waals surface area contributed by atoms with Crippen LogP contribution in [0.1, 0.15) is 12.5 Å². The maximum atomic E-state index is 8.75. The summed E-state index contributed by atoms with van der Waals surface area (Å²) in [6.45, 7) is 2.53. The van der Waals surface area contributed by atoms with E-state index >= 15 is 0 Å². The zero-order chi connectivity index (χ0) is 8.10. The van der Waals surface area contributed by atoms with Crippen LogP contribution in [-0.2, 0) is 6.61 Å². The number of aromatic nitrogens is 1. The van der Waals surface area contributed by atoms with Crippen molar-refractivity contribution in [2.75, 3.05) is 6.61 Å². The Morgan fingerprint density at radius 3 is 3.09 bits per heavy atom. The molecule has 0 amide bonds. The average molecular weight is 153 g/mol. The second-order valence-corrected chi connectivity index (χ2v) is 2.09. The number of aliphatic hydroxyl groups is 1. The van der Waals surface area contributed by atoms with Gasteiger partial charge in [0, 0.05) is 12.3 Å². The Morgan fingerprint density at radius 2 is 2.45 bits per heavy atom. The zero-order valence-electron chi connectivity index (χ0n) is 6.45. The number of rotatable bonds is 3. The minimum absolute atomic E-state index is 0.0304. The van der Waals surface area contributed by atoms with Crippen LogP contribution in [0.4, 0.5) is 0 Å². The van der Waals surface area contributed by atoms with Gasteiger partial charge in [-0.2, -0.15) is 0 Å². The van der Waals surface area contributed by atoms with E-state index in [1.165, 1.54) is 0 Å². The van der Waals surface area contributed by atoms with Crippen molar-refractivity contribution in [3.63, 3.8) is 0 Å². The van der Waals surface area contributed by atoms with Gasteiger partial charge in [0.05, 0.1) is 13.2 Å². The third kappa shape index (κ3) is 2.20. The molecule has 0 aliphatic carbocycles. The van der Waals surface area contributed by atoms with Gasteiger partial charge in [-0.3, -0.25) is 0 Å². The fraction of sp³-hybridized carbons (Fsp3) is 0.375. The number of hydrogen-bond acceptors (Lipinski definition) is 3. The Hall–Kier alpha value is -1.09. The molecule has 0 aromatic carbocycles. The summed E-state index contributed by atoms with van der Waals surface area (Å²) in [6, 6.07) is 3.48. The van der Waals surface area contributed by atoms with Gasteiger partial charge in [0.15, 0.2) is 0 Å². The van der Waals surface area contributed by atoms with Crippen molar-refractivity contribution in [2.24, 2.45) is 0 Å². The summed E-state index contributed by atoms with van der Waals surface area (Å²) < 4.78 is 5.13. The highest BCUT2D eigenvalue weighted by Gasteiger charge is 1.94. The molecule has 0 aliphatic heterocycles. The van der Waals surface area contributed by atoms with Gasteiger partial charge in [-0.15, -0.1) is 0 Å². The Kier molecular flexibility index (Phi) is 2.86. The van der Waals surface area contributed by atoms with Gasteiger partial charge in [0.25, 0.3) is 0 Å². The van der Waals surface area contributed by atoms with Crippen molar-refractivity contribution in [1.82, 2.24) is 4.98 Å². The molecule has 0 bridgehead atoms. The first-order valence-corrected chi connectivity index (χ1v) is 3.55. The Morgan fingerprint density at radius 1 is 1.64 bits per heavy atom. The predicted molar refractivity (Wildman–Crippen MR) is 41.3 cm³/mol. The molecular formula is C8H11NO2. The molecule has 0 fully saturated rings. The number of ether oxygens (including phenoxy) is 1. The first kappa shape index (κ1) is 8.01. The van der Waals surface area contributed by atoms with Crippen LogP contribution in [0.15, 0.2) is 18.3 Å². The largest absolute Gasteiger partial charge is 0.478 e. The van der Waals surface area contributed by atoms with Crippen LogP contribution >= 0.6 is 0 Å². The molecule has 3 nitrogen and oxygen atoms in total. The lowest BCUT2D eigenvalue weighted by Gasteiger charge is -2.01. The monoisotopic (exact) mass is 153 g/mol. The van der Waals surface area contributed by atoms with Crippen molar-refractivity contribution in [1.29, 1.82) is 0 Å². The summed E-state index contributed by atoms with van der Waals surface area (Å²) in [5, 5.41) is 8.75. The molecule has 60 valence electrons. The van der Waals surface area contributed by atoms with Crippen LogP contribution in [0.25, 0.3) is 0 Å². The van der Waals surface area contributed by atoms with Crippen molar-refractivity contribution < 1.29 is 9.84 Å². The predicted octanol–water partition coefficient (Wildman–Crippen LogP) is 0.973. The van der Waals surface area contributed by atoms with Crippen molar-refractivity contribution in [3.8, 4) is 5.88 Å². The zero-order valence-corrected chi connectivity index (χ0v) is 6.45. The summed E-state index contributed by atoms with van der Waals surface area (Å²) in [7, 11) is 0. The number of nitrogens with zero attached hydrogens (tertiary/aromatic N) is 1. The number of hydrogen-bond donors (Lipinski definition) is 1. The van der Waals surface area contributed by atoms with Gasteiger partial charge in [0.1, 0.15) is 0 Å². The Balaban J connectivity index is 2.74. The molecule has 1 rings (SSSR count). The van der Waals surface area contributed by atoms with Crippen LogP contribution < -0.4 is 4.74 Å². The summed E-state index contributed by atoms with van der Waals surface area (Å²) >= 11 is 0. The molecule has 0 radical (unpaired) electrons. The highest BCUT2D eigenvalue weighted by molar-refractivity contribution is 5.19. The van der Waals surface area contributed by atoms with Crippen LogP contribution in [0.5, 0.6) is 5.88 Å². The fourth-order valence-electron chi connectivity index (χ4n) is 0.776. The summed E-state index contributed by atoms with van der Waals surface area (Å²) in [5.41, 5.74) is 0.823. The van der Waals surface area contributed by atoms with E-state index in [0.717, 1.165) is 5.56 Å². The van der Waals surface area contributed by atoms with Crippen molar-refractivity contribution >= 4 is 0 Å². The first-order chi connectivity index (χ1) is 5.36. The lowest BCUT2D eigenvalue weighted by atomic mass is 10.3. The van der Waals surface area contributed by atoms with E-state index < -0.39 is 0 Å². The molecule has 0 atom stereocenters.